The van der Waals surface area contributed by atoms with Crippen molar-refractivity contribution in [2.75, 3.05) is 20.2 Å². The fraction of sp³-hybridized carbons (Fsp3) is 0.923. The van der Waals surface area contributed by atoms with E-state index in [-0.39, 0.29) is 17.6 Å². The Kier molecular flexibility index (Phi) is 4.95. The van der Waals surface area contributed by atoms with Crippen molar-refractivity contribution in [1.29, 1.82) is 0 Å². The second kappa shape index (κ2) is 5.83. The van der Waals surface area contributed by atoms with Crippen LogP contribution >= 0.6 is 0 Å². The molecule has 0 spiro atoms. The molecule has 1 heterocycles. The number of rotatable bonds is 4. The van der Waals surface area contributed by atoms with E-state index in [9.17, 15) is 4.79 Å². The van der Waals surface area contributed by atoms with Gasteiger partial charge in [0.05, 0.1) is 5.60 Å². The Bertz CT molecular complexity index is 268. The van der Waals surface area contributed by atoms with Crippen LogP contribution < -0.4 is 5.73 Å². The van der Waals surface area contributed by atoms with Crippen LogP contribution in [-0.4, -0.2) is 42.6 Å². The third kappa shape index (κ3) is 3.96. The van der Waals surface area contributed by atoms with E-state index in [4.69, 9.17) is 10.5 Å². The molecule has 0 saturated carbocycles. The molecular formula is C13H26N2O2. The van der Waals surface area contributed by atoms with Gasteiger partial charge in [-0.15, -0.1) is 0 Å². The quantitative estimate of drug-likeness (QED) is 0.810. The highest BCUT2D eigenvalue weighted by molar-refractivity contribution is 5.77. The first-order valence-corrected chi connectivity index (χ1v) is 6.46. The van der Waals surface area contributed by atoms with Gasteiger partial charge in [-0.1, -0.05) is 13.8 Å². The fourth-order valence-corrected chi connectivity index (χ4v) is 2.15. The molecule has 2 N–H and O–H groups in total. The van der Waals surface area contributed by atoms with E-state index in [1.807, 2.05) is 18.7 Å². The number of methoxy groups -OCH3 is 1. The number of nitrogens with two attached hydrogens (primary N) is 1. The minimum atomic E-state index is -0.185. The topological polar surface area (TPSA) is 55.6 Å². The molecule has 0 aliphatic carbocycles. The van der Waals surface area contributed by atoms with Crippen LogP contribution in [0.1, 0.15) is 40.0 Å². The van der Waals surface area contributed by atoms with Crippen LogP contribution in [0.2, 0.25) is 0 Å². The standard InChI is InChI=1S/C13H26N2O2/c1-10(2)11(14)8-12(16)15-7-5-6-13(3,9-15)17-4/h10-11H,5-9,14H2,1-4H3. The van der Waals surface area contributed by atoms with Crippen molar-refractivity contribution in [2.24, 2.45) is 11.7 Å². The summed E-state index contributed by atoms with van der Waals surface area (Å²) in [4.78, 5) is 14.0. The van der Waals surface area contributed by atoms with Crippen molar-refractivity contribution in [3.63, 3.8) is 0 Å². The Hall–Kier alpha value is -0.610. The van der Waals surface area contributed by atoms with Gasteiger partial charge in [0.15, 0.2) is 0 Å². The molecule has 0 bridgehead atoms. The Morgan fingerprint density at radius 1 is 1.53 bits per heavy atom. The summed E-state index contributed by atoms with van der Waals surface area (Å²) < 4.78 is 5.49. The molecule has 0 radical (unpaired) electrons. The zero-order valence-electron chi connectivity index (χ0n) is 11.5. The predicted octanol–water partition coefficient (Wildman–Crippen LogP) is 1.39. The van der Waals surface area contributed by atoms with Crippen molar-refractivity contribution in [3.05, 3.63) is 0 Å². The van der Waals surface area contributed by atoms with Gasteiger partial charge >= 0.3 is 0 Å². The molecule has 1 rings (SSSR count). The summed E-state index contributed by atoms with van der Waals surface area (Å²) >= 11 is 0. The lowest BCUT2D eigenvalue weighted by atomic mass is 9.93. The normalized spacial score (nSPS) is 27.3. The van der Waals surface area contributed by atoms with Crippen molar-refractivity contribution < 1.29 is 9.53 Å². The molecule has 1 amide bonds. The molecule has 4 nitrogen and oxygen atoms in total. The van der Waals surface area contributed by atoms with Gasteiger partial charge in [0, 0.05) is 32.7 Å². The molecule has 1 aliphatic heterocycles. The lowest BCUT2D eigenvalue weighted by Crippen LogP contribution is -2.50. The first kappa shape index (κ1) is 14.5. The third-order valence-electron chi connectivity index (χ3n) is 3.77. The van der Waals surface area contributed by atoms with Crippen LogP contribution in [0.4, 0.5) is 0 Å². The highest BCUT2D eigenvalue weighted by Gasteiger charge is 2.33. The van der Waals surface area contributed by atoms with E-state index >= 15 is 0 Å². The molecule has 0 aromatic carbocycles. The maximum Gasteiger partial charge on any atom is 0.224 e. The number of carbonyl (C=O) groups excluding carboxylic acids is 1. The van der Waals surface area contributed by atoms with Gasteiger partial charge in [-0.2, -0.15) is 0 Å². The number of ether oxygens (including phenoxy) is 1. The molecule has 0 aromatic rings. The summed E-state index contributed by atoms with van der Waals surface area (Å²) in [5, 5.41) is 0. The van der Waals surface area contributed by atoms with Gasteiger partial charge < -0.3 is 15.4 Å². The zero-order valence-corrected chi connectivity index (χ0v) is 11.5. The van der Waals surface area contributed by atoms with E-state index in [1.54, 1.807) is 7.11 Å². The molecule has 2 atom stereocenters. The summed E-state index contributed by atoms with van der Waals surface area (Å²) in [5.74, 6) is 0.506. The number of piperidine rings is 1. The summed E-state index contributed by atoms with van der Waals surface area (Å²) in [7, 11) is 1.72. The van der Waals surface area contributed by atoms with E-state index in [2.05, 4.69) is 6.92 Å². The first-order valence-electron chi connectivity index (χ1n) is 6.46. The van der Waals surface area contributed by atoms with Crippen LogP contribution in [-0.2, 0) is 9.53 Å². The van der Waals surface area contributed by atoms with Gasteiger partial charge in [0.1, 0.15) is 0 Å². The van der Waals surface area contributed by atoms with Crippen LogP contribution in [0.25, 0.3) is 0 Å². The summed E-state index contributed by atoms with van der Waals surface area (Å²) in [6.07, 6.45) is 2.47. The minimum Gasteiger partial charge on any atom is -0.377 e. The van der Waals surface area contributed by atoms with Gasteiger partial charge in [-0.25, -0.2) is 0 Å². The molecule has 100 valence electrons. The second-order valence-corrected chi connectivity index (χ2v) is 5.68. The van der Waals surface area contributed by atoms with Crippen molar-refractivity contribution >= 4 is 5.91 Å². The highest BCUT2D eigenvalue weighted by Crippen LogP contribution is 2.24. The average molecular weight is 242 g/mol. The maximum absolute atomic E-state index is 12.1. The number of likely N-dealkylation sites (tertiary alicyclic amines) is 1. The summed E-state index contributed by atoms with van der Waals surface area (Å²) in [5.41, 5.74) is 5.76. The molecular weight excluding hydrogens is 216 g/mol. The number of hydrogen-bond acceptors (Lipinski definition) is 3. The van der Waals surface area contributed by atoms with Gasteiger partial charge in [0.25, 0.3) is 0 Å². The molecule has 17 heavy (non-hydrogen) atoms. The Morgan fingerprint density at radius 3 is 2.71 bits per heavy atom. The molecule has 0 aromatic heterocycles. The molecule has 1 saturated heterocycles. The van der Waals surface area contributed by atoms with Gasteiger partial charge in [-0.3, -0.25) is 4.79 Å². The average Bonchev–Trinajstić information content (AvgIpc) is 2.29. The maximum atomic E-state index is 12.1. The molecule has 4 heteroatoms. The monoisotopic (exact) mass is 242 g/mol. The second-order valence-electron chi connectivity index (χ2n) is 5.68. The summed E-state index contributed by atoms with van der Waals surface area (Å²) in [6, 6.07) is -0.0433. The Morgan fingerprint density at radius 2 is 2.18 bits per heavy atom. The van der Waals surface area contributed by atoms with E-state index in [0.29, 0.717) is 18.9 Å². The lowest BCUT2D eigenvalue weighted by Gasteiger charge is -2.40. The van der Waals surface area contributed by atoms with Crippen molar-refractivity contribution in [1.82, 2.24) is 4.90 Å². The van der Waals surface area contributed by atoms with E-state index in [0.717, 1.165) is 19.4 Å². The van der Waals surface area contributed by atoms with Crippen LogP contribution in [0.5, 0.6) is 0 Å². The minimum absolute atomic E-state index is 0.0433. The molecule has 2 unspecified atom stereocenters. The third-order valence-corrected chi connectivity index (χ3v) is 3.77. The predicted molar refractivity (Wildman–Crippen MR) is 68.7 cm³/mol. The zero-order chi connectivity index (χ0) is 13.1. The van der Waals surface area contributed by atoms with Gasteiger partial charge in [-0.05, 0) is 25.7 Å². The van der Waals surface area contributed by atoms with E-state index in [1.165, 1.54) is 0 Å². The van der Waals surface area contributed by atoms with Crippen molar-refractivity contribution in [3.8, 4) is 0 Å². The Labute approximate surface area is 104 Å². The van der Waals surface area contributed by atoms with Crippen molar-refractivity contribution in [2.45, 2.75) is 51.7 Å². The van der Waals surface area contributed by atoms with Crippen LogP contribution in [0.15, 0.2) is 0 Å². The SMILES string of the molecule is COC1(C)CCCN(C(=O)CC(N)C(C)C)C1. The smallest absolute Gasteiger partial charge is 0.224 e. The van der Waals surface area contributed by atoms with Gasteiger partial charge in [0.2, 0.25) is 5.91 Å². The highest BCUT2D eigenvalue weighted by atomic mass is 16.5. The number of hydrogen-bond donors (Lipinski definition) is 1. The molecule has 1 fully saturated rings. The lowest BCUT2D eigenvalue weighted by molar-refractivity contribution is -0.139. The van der Waals surface area contributed by atoms with Crippen LogP contribution in [0, 0.1) is 5.92 Å². The number of amides is 1. The van der Waals surface area contributed by atoms with Crippen LogP contribution in [0.3, 0.4) is 0 Å². The fourth-order valence-electron chi connectivity index (χ4n) is 2.15. The Balaban J connectivity index is 2.52. The first-order chi connectivity index (χ1) is 7.88. The molecule has 1 aliphatic rings. The number of carbonyl (C=O) groups is 1. The largest absolute Gasteiger partial charge is 0.377 e. The number of nitrogens with zero attached hydrogens (tertiary/aromatic N) is 1. The summed E-state index contributed by atoms with van der Waals surface area (Å²) in [6.45, 7) is 7.69. The van der Waals surface area contributed by atoms with E-state index < -0.39 is 0 Å².